The third-order valence-electron chi connectivity index (χ3n) is 6.56. The van der Waals surface area contributed by atoms with Crippen LogP contribution in [0.25, 0.3) is 5.57 Å². The van der Waals surface area contributed by atoms with E-state index in [0.717, 1.165) is 18.6 Å². The Morgan fingerprint density at radius 1 is 1.17 bits per heavy atom. The molecule has 1 saturated carbocycles. The van der Waals surface area contributed by atoms with E-state index in [-0.39, 0.29) is 31.4 Å². The molecule has 184 valence electrons. The lowest BCUT2D eigenvalue weighted by Crippen LogP contribution is -2.45. The van der Waals surface area contributed by atoms with Gasteiger partial charge in [-0.05, 0) is 55.2 Å². The van der Waals surface area contributed by atoms with Gasteiger partial charge in [0.15, 0.2) is 6.61 Å². The SMILES string of the molecule is O=C(/C=C1\CC2(CCC2)Oc2cc(C(F)(F)F)ccc21)Nc1ccc2c(c1)N(CCO)C(=O)CO2. The molecule has 2 amide bonds. The average molecular weight is 488 g/mol. The van der Waals surface area contributed by atoms with E-state index >= 15 is 0 Å². The zero-order valence-electron chi connectivity index (χ0n) is 18.7. The molecule has 2 heterocycles. The molecule has 0 saturated heterocycles. The van der Waals surface area contributed by atoms with Crippen molar-refractivity contribution in [3.8, 4) is 11.5 Å². The predicted octanol–water partition coefficient (Wildman–Crippen LogP) is 4.15. The molecule has 0 radical (unpaired) electrons. The molecule has 1 spiro atoms. The Balaban J connectivity index is 1.42. The van der Waals surface area contributed by atoms with Gasteiger partial charge in [-0.3, -0.25) is 9.59 Å². The summed E-state index contributed by atoms with van der Waals surface area (Å²) in [6.07, 6.45) is -0.349. The zero-order chi connectivity index (χ0) is 24.8. The number of fused-ring (bicyclic) bond motifs is 2. The number of β-amino-alcohol motifs (C(OH)–C–C–N with tert-alkyl or cyclic N) is 1. The summed E-state index contributed by atoms with van der Waals surface area (Å²) in [5, 5.41) is 12.0. The Kier molecular flexibility index (Phi) is 5.71. The molecule has 0 aromatic heterocycles. The van der Waals surface area contributed by atoms with Gasteiger partial charge < -0.3 is 24.8 Å². The zero-order valence-corrected chi connectivity index (χ0v) is 18.7. The highest BCUT2D eigenvalue weighted by Gasteiger charge is 2.44. The van der Waals surface area contributed by atoms with Gasteiger partial charge in [-0.2, -0.15) is 13.2 Å². The predicted molar refractivity (Wildman–Crippen MR) is 121 cm³/mol. The van der Waals surface area contributed by atoms with E-state index in [1.54, 1.807) is 18.2 Å². The van der Waals surface area contributed by atoms with Crippen LogP contribution < -0.4 is 19.7 Å². The van der Waals surface area contributed by atoms with Crippen molar-refractivity contribution in [3.05, 3.63) is 53.6 Å². The monoisotopic (exact) mass is 488 g/mol. The molecule has 2 aliphatic heterocycles. The minimum atomic E-state index is -4.49. The lowest BCUT2D eigenvalue weighted by Gasteiger charge is -2.46. The number of rotatable bonds is 4. The van der Waals surface area contributed by atoms with Crippen LogP contribution >= 0.6 is 0 Å². The number of nitrogens with one attached hydrogen (secondary N) is 1. The number of ether oxygens (including phenoxy) is 2. The first-order valence-electron chi connectivity index (χ1n) is 11.3. The molecule has 0 atom stereocenters. The van der Waals surface area contributed by atoms with Crippen molar-refractivity contribution in [2.75, 3.05) is 30.0 Å². The second kappa shape index (κ2) is 8.60. The van der Waals surface area contributed by atoms with Crippen LogP contribution in [0, 0.1) is 0 Å². The van der Waals surface area contributed by atoms with E-state index in [0.29, 0.717) is 47.5 Å². The molecule has 10 heteroatoms. The van der Waals surface area contributed by atoms with Crippen molar-refractivity contribution in [3.63, 3.8) is 0 Å². The highest BCUT2D eigenvalue weighted by atomic mass is 19.4. The van der Waals surface area contributed by atoms with Crippen molar-refractivity contribution in [1.29, 1.82) is 0 Å². The number of carbonyl (C=O) groups excluding carboxylic acids is 2. The molecule has 0 bridgehead atoms. The minimum Gasteiger partial charge on any atom is -0.486 e. The van der Waals surface area contributed by atoms with Gasteiger partial charge in [-0.15, -0.1) is 0 Å². The number of carbonyl (C=O) groups is 2. The summed E-state index contributed by atoms with van der Waals surface area (Å²) in [5.74, 6) is -0.173. The maximum absolute atomic E-state index is 13.2. The Bertz CT molecular complexity index is 1220. The Morgan fingerprint density at radius 3 is 2.66 bits per heavy atom. The summed E-state index contributed by atoms with van der Waals surface area (Å²) in [6.45, 7) is -0.271. The van der Waals surface area contributed by atoms with Crippen molar-refractivity contribution in [2.24, 2.45) is 0 Å². The number of aliphatic hydroxyl groups is 1. The van der Waals surface area contributed by atoms with Crippen molar-refractivity contribution >= 4 is 28.8 Å². The first kappa shape index (κ1) is 23.2. The van der Waals surface area contributed by atoms with Crippen molar-refractivity contribution < 1.29 is 37.3 Å². The van der Waals surface area contributed by atoms with E-state index in [9.17, 15) is 27.9 Å². The highest BCUT2D eigenvalue weighted by molar-refractivity contribution is 6.05. The van der Waals surface area contributed by atoms with Crippen LogP contribution in [0.3, 0.4) is 0 Å². The molecule has 2 aromatic carbocycles. The normalized spacial score (nSPS) is 19.4. The molecule has 3 aliphatic rings. The lowest BCUT2D eigenvalue weighted by molar-refractivity contribution is -0.138. The van der Waals surface area contributed by atoms with E-state index in [1.807, 2.05) is 0 Å². The standard InChI is InChI=1S/C25H23F3N2O5/c26-25(27,28)16-2-4-18-15(13-24(6-1-7-24)35-21(18)11-16)10-22(32)29-17-3-5-20-19(12-17)30(8-9-31)23(33)14-34-20/h2-5,10-12,31H,1,6-9,13-14H2,(H,29,32)/b15-10+. The number of anilines is 2. The van der Waals surface area contributed by atoms with Crippen molar-refractivity contribution in [1.82, 2.24) is 0 Å². The number of nitrogens with zero attached hydrogens (tertiary/aromatic N) is 1. The topological polar surface area (TPSA) is 88.1 Å². The van der Waals surface area contributed by atoms with Gasteiger partial charge in [0, 0.05) is 30.3 Å². The van der Waals surface area contributed by atoms with Crippen molar-refractivity contribution in [2.45, 2.75) is 37.5 Å². The molecule has 0 unspecified atom stereocenters. The molecule has 5 rings (SSSR count). The summed E-state index contributed by atoms with van der Waals surface area (Å²) in [7, 11) is 0. The van der Waals surface area contributed by atoms with Gasteiger partial charge in [0.2, 0.25) is 5.91 Å². The number of aliphatic hydroxyl groups excluding tert-OH is 1. The summed E-state index contributed by atoms with van der Waals surface area (Å²) in [6, 6.07) is 8.17. The maximum atomic E-state index is 13.2. The van der Waals surface area contributed by atoms with Gasteiger partial charge in [0.25, 0.3) is 5.91 Å². The van der Waals surface area contributed by atoms with Gasteiger partial charge >= 0.3 is 6.18 Å². The minimum absolute atomic E-state index is 0.0927. The van der Waals surface area contributed by atoms with Crippen LogP contribution in [-0.2, 0) is 15.8 Å². The van der Waals surface area contributed by atoms with Gasteiger partial charge in [0.1, 0.15) is 17.1 Å². The smallest absolute Gasteiger partial charge is 0.416 e. The van der Waals surface area contributed by atoms with Gasteiger partial charge in [0.05, 0.1) is 17.9 Å². The fraction of sp³-hybridized carbons (Fsp3) is 0.360. The fourth-order valence-corrected chi connectivity index (χ4v) is 4.70. The molecule has 2 N–H and O–H groups in total. The molecule has 1 aliphatic carbocycles. The number of hydrogen-bond donors (Lipinski definition) is 2. The second-order valence-electron chi connectivity index (χ2n) is 8.92. The lowest BCUT2D eigenvalue weighted by atomic mass is 9.72. The maximum Gasteiger partial charge on any atom is 0.416 e. The summed E-state index contributed by atoms with van der Waals surface area (Å²) in [5.41, 5.74) is 0.530. The summed E-state index contributed by atoms with van der Waals surface area (Å²) < 4.78 is 51.1. The number of amides is 2. The molecule has 1 fully saturated rings. The first-order chi connectivity index (χ1) is 16.7. The molecule has 2 aromatic rings. The average Bonchev–Trinajstić information content (AvgIpc) is 2.79. The summed E-state index contributed by atoms with van der Waals surface area (Å²) >= 11 is 0. The quantitative estimate of drug-likeness (QED) is 0.632. The van der Waals surface area contributed by atoms with Crippen LogP contribution in [0.2, 0.25) is 0 Å². The Hall–Kier alpha value is -3.53. The third kappa shape index (κ3) is 4.45. The third-order valence-corrected chi connectivity index (χ3v) is 6.56. The number of hydrogen-bond acceptors (Lipinski definition) is 5. The van der Waals surface area contributed by atoms with Crippen LogP contribution in [-0.4, -0.2) is 42.3 Å². The van der Waals surface area contributed by atoms with Gasteiger partial charge in [-0.25, -0.2) is 0 Å². The molecule has 7 nitrogen and oxygen atoms in total. The van der Waals surface area contributed by atoms with E-state index < -0.39 is 23.2 Å². The first-order valence-corrected chi connectivity index (χ1v) is 11.3. The largest absolute Gasteiger partial charge is 0.486 e. The highest BCUT2D eigenvalue weighted by Crippen LogP contribution is 2.50. The van der Waals surface area contributed by atoms with Crippen LogP contribution in [0.1, 0.15) is 36.8 Å². The number of alkyl halides is 3. The van der Waals surface area contributed by atoms with Crippen LogP contribution in [0.4, 0.5) is 24.5 Å². The Labute approximate surface area is 199 Å². The number of halogens is 3. The van der Waals surface area contributed by atoms with E-state index in [1.165, 1.54) is 17.0 Å². The molecular weight excluding hydrogens is 465 g/mol. The second-order valence-corrected chi connectivity index (χ2v) is 8.92. The Morgan fingerprint density at radius 2 is 1.97 bits per heavy atom. The number of benzene rings is 2. The molecular formula is C25H23F3N2O5. The fourth-order valence-electron chi connectivity index (χ4n) is 4.70. The van der Waals surface area contributed by atoms with E-state index in [2.05, 4.69) is 5.32 Å². The summed E-state index contributed by atoms with van der Waals surface area (Å²) in [4.78, 5) is 26.5. The molecule has 35 heavy (non-hydrogen) atoms. The van der Waals surface area contributed by atoms with E-state index in [4.69, 9.17) is 9.47 Å². The van der Waals surface area contributed by atoms with Crippen LogP contribution in [0.15, 0.2) is 42.5 Å². The van der Waals surface area contributed by atoms with Crippen LogP contribution in [0.5, 0.6) is 11.5 Å². The van der Waals surface area contributed by atoms with Gasteiger partial charge in [-0.1, -0.05) is 6.07 Å².